The van der Waals surface area contributed by atoms with Crippen LogP contribution >= 0.6 is 15.9 Å². The summed E-state index contributed by atoms with van der Waals surface area (Å²) in [6, 6.07) is 6.97. The van der Waals surface area contributed by atoms with Crippen molar-refractivity contribution in [2.75, 3.05) is 13.1 Å². The topological polar surface area (TPSA) is 29.3 Å². The Labute approximate surface area is 112 Å². The molecule has 1 aromatic rings. The highest BCUT2D eigenvalue weighted by molar-refractivity contribution is 9.10. The fraction of sp³-hybridized carbons (Fsp3) is 0.571. The van der Waals surface area contributed by atoms with Crippen LogP contribution in [0.3, 0.4) is 0 Å². The molecule has 1 heterocycles. The Bertz CT molecular complexity index is 392. The standard InChI is InChI=1S/C14H21BrN2/c1-10-3-4-12(13(15)7-10)9-17-6-5-14(16)11(2)8-17/h3-4,7,11,14H,5-6,8-9,16H2,1-2H3. The van der Waals surface area contributed by atoms with Crippen LogP contribution in [0.25, 0.3) is 0 Å². The Morgan fingerprint density at radius 2 is 2.24 bits per heavy atom. The van der Waals surface area contributed by atoms with Crippen LogP contribution in [0.5, 0.6) is 0 Å². The lowest BCUT2D eigenvalue weighted by Crippen LogP contribution is -2.45. The van der Waals surface area contributed by atoms with Gasteiger partial charge in [-0.3, -0.25) is 4.90 Å². The smallest absolute Gasteiger partial charge is 0.0245 e. The molecule has 0 radical (unpaired) electrons. The Hall–Kier alpha value is -0.380. The number of nitrogens with two attached hydrogens (primary N) is 1. The lowest BCUT2D eigenvalue weighted by atomic mass is 9.94. The van der Waals surface area contributed by atoms with Gasteiger partial charge in [-0.15, -0.1) is 0 Å². The Morgan fingerprint density at radius 1 is 1.47 bits per heavy atom. The first kappa shape index (κ1) is 13.1. The molecule has 1 saturated heterocycles. The monoisotopic (exact) mass is 296 g/mol. The van der Waals surface area contributed by atoms with Crippen LogP contribution in [0.2, 0.25) is 0 Å². The van der Waals surface area contributed by atoms with E-state index in [1.165, 1.54) is 15.6 Å². The molecular weight excluding hydrogens is 276 g/mol. The lowest BCUT2D eigenvalue weighted by Gasteiger charge is -2.35. The van der Waals surface area contributed by atoms with Crippen molar-refractivity contribution in [2.24, 2.45) is 11.7 Å². The minimum atomic E-state index is 0.382. The van der Waals surface area contributed by atoms with E-state index >= 15 is 0 Å². The van der Waals surface area contributed by atoms with Gasteiger partial charge in [0.2, 0.25) is 0 Å². The third-order valence-electron chi connectivity index (χ3n) is 3.66. The van der Waals surface area contributed by atoms with Crippen molar-refractivity contribution in [3.05, 3.63) is 33.8 Å². The molecule has 2 rings (SSSR count). The molecule has 2 unspecified atom stereocenters. The van der Waals surface area contributed by atoms with Gasteiger partial charge in [-0.2, -0.15) is 0 Å². The van der Waals surface area contributed by atoms with E-state index < -0.39 is 0 Å². The van der Waals surface area contributed by atoms with Crippen LogP contribution in [-0.2, 0) is 6.54 Å². The number of likely N-dealkylation sites (tertiary alicyclic amines) is 1. The third-order valence-corrected chi connectivity index (χ3v) is 4.40. The maximum Gasteiger partial charge on any atom is 0.0245 e. The first-order chi connectivity index (χ1) is 8.06. The molecule has 0 bridgehead atoms. The van der Waals surface area contributed by atoms with E-state index in [-0.39, 0.29) is 0 Å². The summed E-state index contributed by atoms with van der Waals surface area (Å²) in [4.78, 5) is 2.50. The summed E-state index contributed by atoms with van der Waals surface area (Å²) in [5, 5.41) is 0. The van der Waals surface area contributed by atoms with Gasteiger partial charge >= 0.3 is 0 Å². The fourth-order valence-electron chi connectivity index (χ4n) is 2.42. The molecule has 0 aromatic heterocycles. The highest BCUT2D eigenvalue weighted by atomic mass is 79.9. The second-order valence-corrected chi connectivity index (χ2v) is 6.11. The molecule has 2 N–H and O–H groups in total. The predicted molar refractivity (Wildman–Crippen MR) is 75.9 cm³/mol. The van der Waals surface area contributed by atoms with E-state index in [1.807, 2.05) is 0 Å². The van der Waals surface area contributed by atoms with Gasteiger partial charge in [-0.1, -0.05) is 35.0 Å². The van der Waals surface area contributed by atoms with E-state index in [0.29, 0.717) is 12.0 Å². The summed E-state index contributed by atoms with van der Waals surface area (Å²) in [6.07, 6.45) is 1.12. The van der Waals surface area contributed by atoms with Gasteiger partial charge in [-0.05, 0) is 43.0 Å². The predicted octanol–water partition coefficient (Wildman–Crippen LogP) is 2.93. The van der Waals surface area contributed by atoms with Crippen molar-refractivity contribution < 1.29 is 0 Å². The van der Waals surface area contributed by atoms with E-state index in [2.05, 4.69) is 52.9 Å². The highest BCUT2D eigenvalue weighted by Gasteiger charge is 2.23. The molecule has 2 atom stereocenters. The molecule has 1 aliphatic rings. The van der Waals surface area contributed by atoms with Crippen LogP contribution in [0.15, 0.2) is 22.7 Å². The number of hydrogen-bond acceptors (Lipinski definition) is 2. The molecule has 1 aliphatic heterocycles. The van der Waals surface area contributed by atoms with Crippen molar-refractivity contribution in [1.82, 2.24) is 4.90 Å². The van der Waals surface area contributed by atoms with Gasteiger partial charge in [-0.25, -0.2) is 0 Å². The number of benzene rings is 1. The van der Waals surface area contributed by atoms with Crippen LogP contribution in [0, 0.1) is 12.8 Å². The summed E-state index contributed by atoms with van der Waals surface area (Å²) >= 11 is 3.65. The Balaban J connectivity index is 2.01. The molecule has 3 heteroatoms. The number of aryl methyl sites for hydroxylation is 1. The zero-order valence-electron chi connectivity index (χ0n) is 10.6. The number of piperidine rings is 1. The number of halogens is 1. The molecule has 0 aliphatic carbocycles. The molecule has 1 aromatic carbocycles. The fourth-order valence-corrected chi connectivity index (χ4v) is 3.03. The SMILES string of the molecule is Cc1ccc(CN2CCC(N)C(C)C2)c(Br)c1. The minimum Gasteiger partial charge on any atom is -0.327 e. The lowest BCUT2D eigenvalue weighted by molar-refractivity contribution is 0.157. The average molecular weight is 297 g/mol. The molecule has 0 saturated carbocycles. The zero-order valence-corrected chi connectivity index (χ0v) is 12.2. The van der Waals surface area contributed by atoms with Crippen LogP contribution in [-0.4, -0.2) is 24.0 Å². The maximum atomic E-state index is 6.05. The normalized spacial score (nSPS) is 26.1. The van der Waals surface area contributed by atoms with Gasteiger partial charge in [0.1, 0.15) is 0 Å². The summed E-state index contributed by atoms with van der Waals surface area (Å²) in [5.74, 6) is 0.605. The van der Waals surface area contributed by atoms with E-state index in [0.717, 1.165) is 26.1 Å². The summed E-state index contributed by atoms with van der Waals surface area (Å²) in [6.45, 7) is 7.63. The molecule has 0 spiro atoms. The van der Waals surface area contributed by atoms with E-state index in [4.69, 9.17) is 5.73 Å². The number of hydrogen-bond donors (Lipinski definition) is 1. The van der Waals surface area contributed by atoms with Crippen molar-refractivity contribution in [1.29, 1.82) is 0 Å². The van der Waals surface area contributed by atoms with Gasteiger partial charge in [0.25, 0.3) is 0 Å². The van der Waals surface area contributed by atoms with E-state index in [1.54, 1.807) is 0 Å². The number of nitrogens with zero attached hydrogens (tertiary/aromatic N) is 1. The first-order valence-corrected chi connectivity index (χ1v) is 7.08. The minimum absolute atomic E-state index is 0.382. The molecule has 17 heavy (non-hydrogen) atoms. The van der Waals surface area contributed by atoms with Crippen molar-refractivity contribution in [3.8, 4) is 0 Å². The maximum absolute atomic E-state index is 6.05. The third kappa shape index (κ3) is 3.30. The van der Waals surface area contributed by atoms with Crippen LogP contribution in [0.4, 0.5) is 0 Å². The van der Waals surface area contributed by atoms with Gasteiger partial charge in [0, 0.05) is 23.6 Å². The molecule has 1 fully saturated rings. The van der Waals surface area contributed by atoms with Crippen LogP contribution in [0.1, 0.15) is 24.5 Å². The molecular formula is C14H21BrN2. The van der Waals surface area contributed by atoms with Gasteiger partial charge < -0.3 is 5.73 Å². The van der Waals surface area contributed by atoms with Crippen molar-refractivity contribution >= 4 is 15.9 Å². The molecule has 94 valence electrons. The summed E-state index contributed by atoms with van der Waals surface area (Å²) < 4.78 is 1.22. The largest absolute Gasteiger partial charge is 0.327 e. The Kier molecular flexibility index (Phi) is 4.23. The quantitative estimate of drug-likeness (QED) is 0.909. The van der Waals surface area contributed by atoms with Gasteiger partial charge in [0.15, 0.2) is 0 Å². The van der Waals surface area contributed by atoms with Gasteiger partial charge in [0.05, 0.1) is 0 Å². The summed E-state index contributed by atoms with van der Waals surface area (Å²) in [7, 11) is 0. The second kappa shape index (κ2) is 5.51. The average Bonchev–Trinajstić information content (AvgIpc) is 2.27. The Morgan fingerprint density at radius 3 is 2.88 bits per heavy atom. The van der Waals surface area contributed by atoms with E-state index in [9.17, 15) is 0 Å². The molecule has 2 nitrogen and oxygen atoms in total. The van der Waals surface area contributed by atoms with Crippen molar-refractivity contribution in [2.45, 2.75) is 32.9 Å². The highest BCUT2D eigenvalue weighted by Crippen LogP contribution is 2.23. The summed E-state index contributed by atoms with van der Waals surface area (Å²) in [5.41, 5.74) is 8.72. The van der Waals surface area contributed by atoms with Crippen molar-refractivity contribution in [3.63, 3.8) is 0 Å². The van der Waals surface area contributed by atoms with Crippen LogP contribution < -0.4 is 5.73 Å². The second-order valence-electron chi connectivity index (χ2n) is 5.26. The first-order valence-electron chi connectivity index (χ1n) is 6.29. The number of rotatable bonds is 2. The molecule has 0 amide bonds. The zero-order chi connectivity index (χ0) is 12.4.